The summed E-state index contributed by atoms with van der Waals surface area (Å²) >= 11 is 1.73. The highest BCUT2D eigenvalue weighted by Crippen LogP contribution is 2.27. The number of aromatic hydroxyl groups is 1. The molecule has 0 amide bonds. The third-order valence-corrected chi connectivity index (χ3v) is 5.85. The van der Waals surface area contributed by atoms with Crippen LogP contribution in [0, 0.1) is 0 Å². The summed E-state index contributed by atoms with van der Waals surface area (Å²) in [5.74, 6) is 1.52. The molecule has 1 aromatic heterocycles. The second kappa shape index (κ2) is 9.93. The number of ether oxygens (including phenoxy) is 1. The Balaban J connectivity index is 1.57. The fourth-order valence-corrected chi connectivity index (χ4v) is 3.80. The van der Waals surface area contributed by atoms with Gasteiger partial charge in [0.05, 0.1) is 25.3 Å². The number of morpholine rings is 1. The number of hydrogen-bond donors (Lipinski definition) is 1. The summed E-state index contributed by atoms with van der Waals surface area (Å²) in [6.45, 7) is 4.97. The van der Waals surface area contributed by atoms with Gasteiger partial charge in [-0.25, -0.2) is 9.67 Å². The Morgan fingerprint density at radius 2 is 1.80 bits per heavy atom. The van der Waals surface area contributed by atoms with E-state index in [4.69, 9.17) is 14.8 Å². The minimum Gasteiger partial charge on any atom is -0.507 e. The van der Waals surface area contributed by atoms with Crippen molar-refractivity contribution in [2.75, 3.05) is 39.1 Å². The van der Waals surface area contributed by atoms with Gasteiger partial charge in [-0.2, -0.15) is 5.10 Å². The lowest BCUT2D eigenvalue weighted by molar-refractivity contribution is 0.0360. The summed E-state index contributed by atoms with van der Waals surface area (Å²) in [6, 6.07) is 15.6. The van der Waals surface area contributed by atoms with Crippen molar-refractivity contribution in [3.63, 3.8) is 0 Å². The second-order valence-electron chi connectivity index (χ2n) is 7.09. The van der Waals surface area contributed by atoms with E-state index in [-0.39, 0.29) is 5.75 Å². The first-order chi connectivity index (χ1) is 14.7. The first kappa shape index (κ1) is 20.7. The first-order valence-electron chi connectivity index (χ1n) is 10.1. The molecule has 1 saturated heterocycles. The van der Waals surface area contributed by atoms with Crippen LogP contribution in [-0.4, -0.2) is 63.9 Å². The zero-order chi connectivity index (χ0) is 20.8. The molecule has 6 nitrogen and oxygen atoms in total. The van der Waals surface area contributed by atoms with Gasteiger partial charge < -0.3 is 9.84 Å². The van der Waals surface area contributed by atoms with E-state index in [0.29, 0.717) is 23.8 Å². The van der Waals surface area contributed by atoms with E-state index >= 15 is 0 Å². The monoisotopic (exact) mass is 422 g/mol. The highest BCUT2D eigenvalue weighted by Gasteiger charge is 2.16. The molecule has 4 rings (SSSR count). The lowest BCUT2D eigenvalue weighted by atomic mass is 10.2. The summed E-state index contributed by atoms with van der Waals surface area (Å²) < 4.78 is 7.32. The summed E-state index contributed by atoms with van der Waals surface area (Å²) in [6.07, 6.45) is 6.00. The van der Waals surface area contributed by atoms with Gasteiger partial charge in [0.25, 0.3) is 0 Å². The fraction of sp³-hybridized carbons (Fsp3) is 0.304. The van der Waals surface area contributed by atoms with E-state index in [1.54, 1.807) is 17.8 Å². The van der Waals surface area contributed by atoms with Crippen molar-refractivity contribution < 1.29 is 9.84 Å². The molecule has 0 radical (unpaired) electrons. The zero-order valence-electron chi connectivity index (χ0n) is 17.1. The van der Waals surface area contributed by atoms with Crippen LogP contribution in [-0.2, 0) is 11.3 Å². The van der Waals surface area contributed by atoms with Gasteiger partial charge in [0.2, 0.25) is 0 Å². The second-order valence-corrected chi connectivity index (χ2v) is 7.97. The predicted octanol–water partition coefficient (Wildman–Crippen LogP) is 3.88. The van der Waals surface area contributed by atoms with Crippen LogP contribution in [0.3, 0.4) is 0 Å². The summed E-state index contributed by atoms with van der Waals surface area (Å²) in [7, 11) is 0. The number of para-hydroxylation sites is 1. The Morgan fingerprint density at radius 1 is 1.03 bits per heavy atom. The quantitative estimate of drug-likeness (QED) is 0.583. The maximum absolute atomic E-state index is 10.3. The van der Waals surface area contributed by atoms with Gasteiger partial charge in [-0.3, -0.25) is 4.90 Å². The maximum Gasteiger partial charge on any atom is 0.174 e. The molecule has 2 heterocycles. The topological polar surface area (TPSA) is 63.4 Å². The number of benzene rings is 2. The van der Waals surface area contributed by atoms with E-state index in [1.165, 1.54) is 4.90 Å². The molecule has 1 N–H and O–H groups in total. The highest BCUT2D eigenvalue weighted by molar-refractivity contribution is 7.98. The molecule has 30 heavy (non-hydrogen) atoms. The van der Waals surface area contributed by atoms with E-state index < -0.39 is 0 Å². The van der Waals surface area contributed by atoms with Gasteiger partial charge in [0, 0.05) is 24.5 Å². The normalized spacial score (nSPS) is 15.1. The van der Waals surface area contributed by atoms with Crippen LogP contribution in [0.5, 0.6) is 5.75 Å². The molecule has 0 atom stereocenters. The smallest absolute Gasteiger partial charge is 0.174 e. The first-order valence-corrected chi connectivity index (χ1v) is 11.3. The summed E-state index contributed by atoms with van der Waals surface area (Å²) in [5, 5.41) is 15.1. The number of phenolic OH excluding ortho intramolecular Hbond substituents is 1. The number of rotatable bonds is 7. The highest BCUT2D eigenvalue weighted by atomic mass is 32.2. The van der Waals surface area contributed by atoms with Crippen LogP contribution < -0.4 is 0 Å². The zero-order valence-corrected chi connectivity index (χ0v) is 17.9. The van der Waals surface area contributed by atoms with Crippen molar-refractivity contribution in [1.29, 1.82) is 0 Å². The molecule has 7 heteroatoms. The van der Waals surface area contributed by atoms with E-state index in [0.717, 1.165) is 38.4 Å². The van der Waals surface area contributed by atoms with Crippen molar-refractivity contribution in [2.45, 2.75) is 11.4 Å². The molecule has 0 unspecified atom stereocenters. The van der Waals surface area contributed by atoms with E-state index in [9.17, 15) is 5.11 Å². The maximum atomic E-state index is 10.3. The van der Waals surface area contributed by atoms with Gasteiger partial charge in [-0.05, 0) is 42.2 Å². The number of nitrogens with zero attached hydrogens (tertiary/aromatic N) is 4. The molecule has 1 fully saturated rings. The van der Waals surface area contributed by atoms with E-state index in [2.05, 4.69) is 35.4 Å². The van der Waals surface area contributed by atoms with Crippen molar-refractivity contribution >= 4 is 23.9 Å². The average molecular weight is 423 g/mol. The van der Waals surface area contributed by atoms with Crippen molar-refractivity contribution in [3.05, 3.63) is 59.9 Å². The standard InChI is InChI=1S/C23H26N4O2S/c1-30-19-9-6-18(7-10-19)8-11-22-24-23(20-4-2-3-5-21(20)28)27(25-22)13-12-26-14-16-29-17-15-26/h2-11,28H,12-17H2,1H3/b11-8+. The van der Waals surface area contributed by atoms with Crippen LogP contribution in [0.1, 0.15) is 11.4 Å². The van der Waals surface area contributed by atoms with Crippen molar-refractivity contribution in [1.82, 2.24) is 19.7 Å². The Bertz CT molecular complexity index is 995. The molecule has 0 saturated carbocycles. The van der Waals surface area contributed by atoms with Gasteiger partial charge >= 0.3 is 0 Å². The molecular weight excluding hydrogens is 396 g/mol. The number of phenols is 1. The van der Waals surface area contributed by atoms with Crippen LogP contribution in [0.25, 0.3) is 23.5 Å². The summed E-state index contributed by atoms with van der Waals surface area (Å²) in [4.78, 5) is 8.31. The molecule has 156 valence electrons. The molecule has 0 aliphatic carbocycles. The Hall–Kier alpha value is -2.61. The fourth-order valence-electron chi connectivity index (χ4n) is 3.39. The summed E-state index contributed by atoms with van der Waals surface area (Å²) in [5.41, 5.74) is 1.79. The number of aromatic nitrogens is 3. The van der Waals surface area contributed by atoms with Crippen LogP contribution in [0.2, 0.25) is 0 Å². The van der Waals surface area contributed by atoms with Gasteiger partial charge in [0.1, 0.15) is 5.75 Å². The molecule has 1 aliphatic heterocycles. The van der Waals surface area contributed by atoms with E-state index in [1.807, 2.05) is 35.0 Å². The molecule has 1 aliphatic rings. The van der Waals surface area contributed by atoms with Gasteiger partial charge in [0.15, 0.2) is 11.6 Å². The Labute approximate surface area is 181 Å². The average Bonchev–Trinajstić information content (AvgIpc) is 3.20. The minimum atomic E-state index is 0.209. The third-order valence-electron chi connectivity index (χ3n) is 5.11. The molecule has 0 bridgehead atoms. The van der Waals surface area contributed by atoms with Gasteiger partial charge in [-0.1, -0.05) is 30.3 Å². The third kappa shape index (κ3) is 5.11. The van der Waals surface area contributed by atoms with Crippen molar-refractivity contribution in [3.8, 4) is 17.1 Å². The Kier molecular flexibility index (Phi) is 6.84. The molecule has 3 aromatic rings. The largest absolute Gasteiger partial charge is 0.507 e. The molecular formula is C23H26N4O2S. The number of hydrogen-bond acceptors (Lipinski definition) is 6. The van der Waals surface area contributed by atoms with Crippen LogP contribution >= 0.6 is 11.8 Å². The SMILES string of the molecule is CSc1ccc(/C=C/c2nc(-c3ccccc3O)n(CCN3CCOCC3)n2)cc1. The Morgan fingerprint density at radius 3 is 2.53 bits per heavy atom. The van der Waals surface area contributed by atoms with Gasteiger partial charge in [-0.15, -0.1) is 11.8 Å². The number of thioether (sulfide) groups is 1. The predicted molar refractivity (Wildman–Crippen MR) is 122 cm³/mol. The van der Waals surface area contributed by atoms with Crippen LogP contribution in [0.4, 0.5) is 0 Å². The molecule has 2 aromatic carbocycles. The molecule has 0 spiro atoms. The minimum absolute atomic E-state index is 0.209. The van der Waals surface area contributed by atoms with Crippen molar-refractivity contribution in [2.24, 2.45) is 0 Å². The van der Waals surface area contributed by atoms with Crippen LogP contribution in [0.15, 0.2) is 53.4 Å². The lowest BCUT2D eigenvalue weighted by Crippen LogP contribution is -2.38. The lowest BCUT2D eigenvalue weighted by Gasteiger charge is -2.26.